The van der Waals surface area contributed by atoms with Gasteiger partial charge in [-0.25, -0.2) is 0 Å². The van der Waals surface area contributed by atoms with Crippen LogP contribution < -0.4 is 5.73 Å². The summed E-state index contributed by atoms with van der Waals surface area (Å²) in [7, 11) is 0. The van der Waals surface area contributed by atoms with Gasteiger partial charge in [-0.2, -0.15) is 4.98 Å². The molecule has 2 heterocycles. The standard InChI is InChI=1S/C13H10N4O.2ClH/c14-11-5-1-3-9(7-11)13-16-12(17-18-13)10-4-2-6-15-8-10;;/h1-8H,14H2;2*1H. The van der Waals surface area contributed by atoms with Crippen LogP contribution in [-0.2, 0) is 0 Å². The molecule has 3 aromatic rings. The molecule has 0 saturated heterocycles. The second-order valence-corrected chi connectivity index (χ2v) is 3.79. The molecule has 0 aliphatic heterocycles. The van der Waals surface area contributed by atoms with Gasteiger partial charge in [-0.1, -0.05) is 11.2 Å². The van der Waals surface area contributed by atoms with Crippen LogP contribution in [0.15, 0.2) is 53.3 Å². The van der Waals surface area contributed by atoms with Crippen molar-refractivity contribution in [1.29, 1.82) is 0 Å². The number of halogens is 2. The lowest BCUT2D eigenvalue weighted by atomic mass is 10.2. The molecule has 104 valence electrons. The molecule has 1 aromatic carbocycles. The fourth-order valence-electron chi connectivity index (χ4n) is 1.62. The Balaban J connectivity index is 0.000001000. The van der Waals surface area contributed by atoms with Crippen molar-refractivity contribution in [1.82, 2.24) is 15.1 Å². The van der Waals surface area contributed by atoms with Gasteiger partial charge >= 0.3 is 0 Å². The Morgan fingerprint density at radius 3 is 2.50 bits per heavy atom. The normalized spacial score (nSPS) is 9.40. The number of nitrogen functional groups attached to an aromatic ring is 1. The van der Waals surface area contributed by atoms with Crippen LogP contribution in [-0.4, -0.2) is 15.1 Å². The van der Waals surface area contributed by atoms with E-state index in [4.69, 9.17) is 10.3 Å². The van der Waals surface area contributed by atoms with Gasteiger partial charge in [0.05, 0.1) is 0 Å². The molecule has 0 bridgehead atoms. The average Bonchev–Trinajstić information content (AvgIpc) is 2.89. The summed E-state index contributed by atoms with van der Waals surface area (Å²) >= 11 is 0. The predicted octanol–water partition coefficient (Wildman–Crippen LogP) is 3.22. The molecule has 0 fully saturated rings. The lowest BCUT2D eigenvalue weighted by molar-refractivity contribution is 0.432. The highest BCUT2D eigenvalue weighted by atomic mass is 35.5. The lowest BCUT2D eigenvalue weighted by Gasteiger charge is -1.95. The van der Waals surface area contributed by atoms with E-state index in [1.807, 2.05) is 30.3 Å². The van der Waals surface area contributed by atoms with Gasteiger partial charge in [0.1, 0.15) is 0 Å². The van der Waals surface area contributed by atoms with Gasteiger partial charge < -0.3 is 10.3 Å². The van der Waals surface area contributed by atoms with E-state index in [0.29, 0.717) is 17.4 Å². The van der Waals surface area contributed by atoms with E-state index in [9.17, 15) is 0 Å². The molecule has 3 rings (SSSR count). The Bertz CT molecular complexity index is 673. The Labute approximate surface area is 128 Å². The third kappa shape index (κ3) is 3.26. The van der Waals surface area contributed by atoms with Crippen molar-refractivity contribution in [3.63, 3.8) is 0 Å². The fourth-order valence-corrected chi connectivity index (χ4v) is 1.62. The van der Waals surface area contributed by atoms with Crippen molar-refractivity contribution in [2.75, 3.05) is 5.73 Å². The minimum atomic E-state index is 0. The van der Waals surface area contributed by atoms with Gasteiger partial charge in [0.2, 0.25) is 5.82 Å². The molecule has 0 atom stereocenters. The quantitative estimate of drug-likeness (QED) is 0.735. The molecule has 2 N–H and O–H groups in total. The Hall–Kier alpha value is -2.11. The van der Waals surface area contributed by atoms with Crippen LogP contribution in [0.1, 0.15) is 0 Å². The zero-order valence-corrected chi connectivity index (χ0v) is 11.9. The smallest absolute Gasteiger partial charge is 0.258 e. The number of pyridine rings is 1. The molecule has 0 radical (unpaired) electrons. The predicted molar refractivity (Wildman–Crippen MR) is 81.9 cm³/mol. The summed E-state index contributed by atoms with van der Waals surface area (Å²) in [5.41, 5.74) is 7.99. The van der Waals surface area contributed by atoms with Crippen LogP contribution in [0.25, 0.3) is 22.8 Å². The third-order valence-electron chi connectivity index (χ3n) is 2.48. The molecule has 0 spiro atoms. The summed E-state index contributed by atoms with van der Waals surface area (Å²) in [6.07, 6.45) is 3.39. The lowest BCUT2D eigenvalue weighted by Crippen LogP contribution is -1.85. The van der Waals surface area contributed by atoms with Crippen molar-refractivity contribution in [2.24, 2.45) is 0 Å². The van der Waals surface area contributed by atoms with Crippen LogP contribution in [0.4, 0.5) is 5.69 Å². The third-order valence-corrected chi connectivity index (χ3v) is 2.48. The molecule has 0 amide bonds. The maximum absolute atomic E-state index is 5.71. The van der Waals surface area contributed by atoms with Crippen LogP contribution in [0.3, 0.4) is 0 Å². The van der Waals surface area contributed by atoms with E-state index in [1.165, 1.54) is 0 Å². The van der Waals surface area contributed by atoms with Gasteiger partial charge in [0, 0.05) is 29.2 Å². The summed E-state index contributed by atoms with van der Waals surface area (Å²) in [6.45, 7) is 0. The highest BCUT2D eigenvalue weighted by molar-refractivity contribution is 5.85. The second-order valence-electron chi connectivity index (χ2n) is 3.79. The largest absolute Gasteiger partial charge is 0.399 e. The first-order valence-electron chi connectivity index (χ1n) is 5.43. The summed E-state index contributed by atoms with van der Waals surface area (Å²) in [5.74, 6) is 0.960. The van der Waals surface area contributed by atoms with E-state index in [1.54, 1.807) is 18.5 Å². The fraction of sp³-hybridized carbons (Fsp3) is 0. The highest BCUT2D eigenvalue weighted by Crippen LogP contribution is 2.22. The molecule has 20 heavy (non-hydrogen) atoms. The molecule has 7 heteroatoms. The van der Waals surface area contributed by atoms with Gasteiger partial charge in [-0.15, -0.1) is 24.8 Å². The minimum absolute atomic E-state index is 0. The molecular formula is C13H12Cl2N4O. The second kappa shape index (κ2) is 6.88. The number of anilines is 1. The SMILES string of the molecule is Cl.Cl.Nc1cccc(-c2nc(-c3cccnc3)no2)c1. The van der Waals surface area contributed by atoms with E-state index < -0.39 is 0 Å². The number of benzene rings is 1. The van der Waals surface area contributed by atoms with E-state index >= 15 is 0 Å². The highest BCUT2D eigenvalue weighted by Gasteiger charge is 2.10. The van der Waals surface area contributed by atoms with Gasteiger partial charge in [-0.05, 0) is 30.3 Å². The Morgan fingerprint density at radius 2 is 1.80 bits per heavy atom. The molecule has 0 aliphatic carbocycles. The van der Waals surface area contributed by atoms with Crippen molar-refractivity contribution in [2.45, 2.75) is 0 Å². The number of nitrogens with two attached hydrogens (primary N) is 1. The molecule has 5 nitrogen and oxygen atoms in total. The maximum Gasteiger partial charge on any atom is 0.258 e. The van der Waals surface area contributed by atoms with Crippen LogP contribution >= 0.6 is 24.8 Å². The van der Waals surface area contributed by atoms with Gasteiger partial charge in [0.25, 0.3) is 5.89 Å². The number of aromatic nitrogens is 3. The van der Waals surface area contributed by atoms with Crippen LogP contribution in [0.2, 0.25) is 0 Å². The molecule has 0 unspecified atom stereocenters. The first kappa shape index (κ1) is 15.9. The van der Waals surface area contributed by atoms with Crippen molar-refractivity contribution in [3.8, 4) is 22.8 Å². The van der Waals surface area contributed by atoms with E-state index in [-0.39, 0.29) is 24.8 Å². The van der Waals surface area contributed by atoms with E-state index in [2.05, 4.69) is 15.1 Å². The molecular weight excluding hydrogens is 299 g/mol. The monoisotopic (exact) mass is 310 g/mol. The first-order chi connectivity index (χ1) is 8.83. The first-order valence-corrected chi connectivity index (χ1v) is 5.43. The van der Waals surface area contributed by atoms with Crippen molar-refractivity contribution in [3.05, 3.63) is 48.8 Å². The molecule has 0 aliphatic rings. The Kier molecular flexibility index (Phi) is 5.49. The molecule has 2 aromatic heterocycles. The minimum Gasteiger partial charge on any atom is -0.399 e. The van der Waals surface area contributed by atoms with Gasteiger partial charge in [-0.3, -0.25) is 4.98 Å². The summed E-state index contributed by atoms with van der Waals surface area (Å²) in [4.78, 5) is 8.33. The summed E-state index contributed by atoms with van der Waals surface area (Å²) in [6, 6.07) is 11.0. The topological polar surface area (TPSA) is 77.8 Å². The number of hydrogen-bond donors (Lipinski definition) is 1. The Morgan fingerprint density at radius 1 is 1.00 bits per heavy atom. The van der Waals surface area contributed by atoms with Crippen LogP contribution in [0.5, 0.6) is 0 Å². The number of rotatable bonds is 2. The average molecular weight is 311 g/mol. The van der Waals surface area contributed by atoms with Crippen LogP contribution in [0, 0.1) is 0 Å². The summed E-state index contributed by atoms with van der Waals surface area (Å²) < 4.78 is 5.22. The van der Waals surface area contributed by atoms with Crippen molar-refractivity contribution < 1.29 is 4.52 Å². The number of nitrogens with zero attached hydrogens (tertiary/aromatic N) is 3. The van der Waals surface area contributed by atoms with Gasteiger partial charge in [0.15, 0.2) is 0 Å². The summed E-state index contributed by atoms with van der Waals surface area (Å²) in [5, 5.41) is 3.93. The maximum atomic E-state index is 5.71. The van der Waals surface area contributed by atoms with Crippen molar-refractivity contribution >= 4 is 30.5 Å². The molecule has 0 saturated carbocycles. The number of hydrogen-bond acceptors (Lipinski definition) is 5. The zero-order chi connectivity index (χ0) is 12.4. The van der Waals surface area contributed by atoms with E-state index in [0.717, 1.165) is 11.1 Å². The zero-order valence-electron chi connectivity index (χ0n) is 10.3.